The second-order valence-corrected chi connectivity index (χ2v) is 5.78. The normalized spacial score (nSPS) is 11.9. The maximum Gasteiger partial charge on any atom is 0.243 e. The van der Waals surface area contributed by atoms with Crippen LogP contribution in [-0.4, -0.2) is 26.1 Å². The topological polar surface area (TPSA) is 55.6 Å². The molecule has 2 N–H and O–H groups in total. The van der Waals surface area contributed by atoms with Crippen molar-refractivity contribution in [3.05, 3.63) is 59.2 Å². The third-order valence-electron chi connectivity index (χ3n) is 4.12. The number of likely N-dealkylation sites (N-methyl/N-ethyl adjacent to an activating group) is 1. The van der Waals surface area contributed by atoms with Crippen molar-refractivity contribution in [3.63, 3.8) is 0 Å². The Labute approximate surface area is 137 Å². The van der Waals surface area contributed by atoms with E-state index in [1.165, 1.54) is 0 Å². The number of aryl methyl sites for hydroxylation is 2. The number of methoxy groups -OCH3 is 1. The summed E-state index contributed by atoms with van der Waals surface area (Å²) >= 11 is 0. The molecule has 2 aromatic rings. The van der Waals surface area contributed by atoms with E-state index in [2.05, 4.69) is 0 Å². The summed E-state index contributed by atoms with van der Waals surface area (Å²) < 4.78 is 5.27. The second-order valence-electron chi connectivity index (χ2n) is 5.78. The Balaban J connectivity index is 2.16. The van der Waals surface area contributed by atoms with Crippen molar-refractivity contribution in [2.24, 2.45) is 5.73 Å². The third-order valence-corrected chi connectivity index (χ3v) is 4.12. The molecule has 0 spiro atoms. The molecular weight excluding hydrogens is 288 g/mol. The summed E-state index contributed by atoms with van der Waals surface area (Å²) in [5, 5.41) is 0. The molecule has 4 heteroatoms. The zero-order valence-electron chi connectivity index (χ0n) is 14.2. The van der Waals surface area contributed by atoms with Crippen LogP contribution in [0.4, 0.5) is 5.69 Å². The number of benzene rings is 2. The molecule has 0 saturated heterocycles. The van der Waals surface area contributed by atoms with Crippen LogP contribution in [0, 0.1) is 13.8 Å². The van der Waals surface area contributed by atoms with Gasteiger partial charge >= 0.3 is 0 Å². The minimum absolute atomic E-state index is 0.0918. The number of anilines is 1. The molecule has 2 aromatic carbocycles. The van der Waals surface area contributed by atoms with Crippen molar-refractivity contribution < 1.29 is 9.53 Å². The lowest BCUT2D eigenvalue weighted by molar-refractivity contribution is -0.119. The number of ether oxygens (including phenoxy) is 1. The molecule has 1 amide bonds. The number of amides is 1. The summed E-state index contributed by atoms with van der Waals surface area (Å²) in [7, 11) is 3.41. The molecule has 0 aliphatic heterocycles. The fourth-order valence-electron chi connectivity index (χ4n) is 2.73. The lowest BCUT2D eigenvalue weighted by atomic mass is 9.95. The molecule has 0 heterocycles. The van der Waals surface area contributed by atoms with E-state index in [1.54, 1.807) is 19.1 Å². The molecule has 0 radical (unpaired) electrons. The van der Waals surface area contributed by atoms with Crippen LogP contribution in [0.3, 0.4) is 0 Å². The minimum atomic E-state index is -0.578. The highest BCUT2D eigenvalue weighted by molar-refractivity contribution is 5.96. The zero-order valence-corrected chi connectivity index (χ0v) is 14.2. The van der Waals surface area contributed by atoms with Gasteiger partial charge in [-0.15, -0.1) is 0 Å². The maximum atomic E-state index is 12.6. The van der Waals surface area contributed by atoms with E-state index in [1.807, 2.05) is 56.3 Å². The zero-order chi connectivity index (χ0) is 17.0. The number of carbonyl (C=O) groups excluding carboxylic acids is 1. The van der Waals surface area contributed by atoms with Gasteiger partial charge in [0.1, 0.15) is 5.75 Å². The molecule has 0 unspecified atom stereocenters. The number of hydrogen-bond donors (Lipinski definition) is 1. The monoisotopic (exact) mass is 312 g/mol. The summed E-state index contributed by atoms with van der Waals surface area (Å²) in [4.78, 5) is 14.2. The van der Waals surface area contributed by atoms with E-state index in [4.69, 9.17) is 10.5 Å². The molecule has 2 rings (SSSR count). The first kappa shape index (κ1) is 17.0. The van der Waals surface area contributed by atoms with E-state index in [0.29, 0.717) is 6.42 Å². The Bertz CT molecular complexity index is 660. The van der Waals surface area contributed by atoms with Crippen LogP contribution < -0.4 is 15.4 Å². The van der Waals surface area contributed by atoms with E-state index in [-0.39, 0.29) is 5.91 Å². The number of nitrogens with zero attached hydrogens (tertiary/aromatic N) is 1. The van der Waals surface area contributed by atoms with Crippen molar-refractivity contribution in [1.82, 2.24) is 0 Å². The molecular formula is C19H24N2O2. The fourth-order valence-corrected chi connectivity index (χ4v) is 2.73. The van der Waals surface area contributed by atoms with Crippen LogP contribution in [0.15, 0.2) is 42.5 Å². The highest BCUT2D eigenvalue weighted by atomic mass is 16.5. The van der Waals surface area contributed by atoms with Gasteiger partial charge in [-0.1, -0.05) is 18.2 Å². The smallest absolute Gasteiger partial charge is 0.243 e. The SMILES string of the molecule is COc1cc(C)c(C[C@H](N)C(=O)N(C)c2ccccc2)c(C)c1. The van der Waals surface area contributed by atoms with Gasteiger partial charge in [-0.3, -0.25) is 4.79 Å². The molecule has 0 aromatic heterocycles. The highest BCUT2D eigenvalue weighted by Crippen LogP contribution is 2.23. The Kier molecular flexibility index (Phi) is 5.40. The summed E-state index contributed by atoms with van der Waals surface area (Å²) in [6, 6.07) is 12.9. The van der Waals surface area contributed by atoms with Gasteiger partial charge in [-0.2, -0.15) is 0 Å². The lowest BCUT2D eigenvalue weighted by Crippen LogP contribution is -2.43. The number of para-hydroxylation sites is 1. The summed E-state index contributed by atoms with van der Waals surface area (Å²) in [6.07, 6.45) is 0.512. The highest BCUT2D eigenvalue weighted by Gasteiger charge is 2.21. The van der Waals surface area contributed by atoms with Crippen LogP contribution in [0.1, 0.15) is 16.7 Å². The van der Waals surface area contributed by atoms with Gasteiger partial charge in [0.25, 0.3) is 0 Å². The molecule has 0 bridgehead atoms. The predicted octanol–water partition coefficient (Wildman–Crippen LogP) is 2.84. The van der Waals surface area contributed by atoms with Crippen molar-refractivity contribution >= 4 is 11.6 Å². The lowest BCUT2D eigenvalue weighted by Gasteiger charge is -2.22. The molecule has 4 nitrogen and oxygen atoms in total. The standard InChI is InChI=1S/C19H24N2O2/c1-13-10-16(23-4)11-14(2)17(13)12-18(20)19(22)21(3)15-8-6-5-7-9-15/h5-11,18H,12,20H2,1-4H3/t18-/m0/s1. The van der Waals surface area contributed by atoms with Crippen molar-refractivity contribution in [2.45, 2.75) is 26.3 Å². The summed E-state index contributed by atoms with van der Waals surface area (Å²) in [5.74, 6) is 0.732. The molecule has 0 fully saturated rings. The maximum absolute atomic E-state index is 12.6. The molecule has 23 heavy (non-hydrogen) atoms. The molecule has 0 saturated carbocycles. The molecule has 0 aliphatic carbocycles. The Morgan fingerprint density at radius 1 is 1.17 bits per heavy atom. The van der Waals surface area contributed by atoms with E-state index >= 15 is 0 Å². The van der Waals surface area contributed by atoms with Crippen LogP contribution in [0.5, 0.6) is 5.75 Å². The Morgan fingerprint density at radius 2 is 1.74 bits per heavy atom. The largest absolute Gasteiger partial charge is 0.497 e. The van der Waals surface area contributed by atoms with Crippen LogP contribution in [-0.2, 0) is 11.2 Å². The number of carbonyl (C=O) groups is 1. The van der Waals surface area contributed by atoms with Gasteiger partial charge in [0.15, 0.2) is 0 Å². The van der Waals surface area contributed by atoms with Gasteiger partial charge in [0.05, 0.1) is 13.2 Å². The van der Waals surface area contributed by atoms with Gasteiger partial charge in [-0.25, -0.2) is 0 Å². The van der Waals surface area contributed by atoms with Crippen molar-refractivity contribution in [1.29, 1.82) is 0 Å². The van der Waals surface area contributed by atoms with Crippen molar-refractivity contribution in [3.8, 4) is 5.75 Å². The van der Waals surface area contributed by atoms with E-state index in [9.17, 15) is 4.79 Å². The number of hydrogen-bond acceptors (Lipinski definition) is 3. The average molecular weight is 312 g/mol. The van der Waals surface area contributed by atoms with Gasteiger partial charge < -0.3 is 15.4 Å². The predicted molar refractivity (Wildman–Crippen MR) is 94.0 cm³/mol. The van der Waals surface area contributed by atoms with Crippen LogP contribution in [0.25, 0.3) is 0 Å². The van der Waals surface area contributed by atoms with Crippen molar-refractivity contribution in [2.75, 3.05) is 19.1 Å². The quantitative estimate of drug-likeness (QED) is 0.923. The Morgan fingerprint density at radius 3 is 2.26 bits per heavy atom. The van der Waals surface area contributed by atoms with E-state index in [0.717, 1.165) is 28.1 Å². The first-order chi connectivity index (χ1) is 10.9. The van der Waals surface area contributed by atoms with Gasteiger partial charge in [-0.05, 0) is 61.2 Å². The summed E-state index contributed by atoms with van der Waals surface area (Å²) in [5.41, 5.74) is 10.3. The average Bonchev–Trinajstić information content (AvgIpc) is 2.57. The van der Waals surface area contributed by atoms with Gasteiger partial charge in [0, 0.05) is 12.7 Å². The van der Waals surface area contributed by atoms with Gasteiger partial charge in [0.2, 0.25) is 5.91 Å². The van der Waals surface area contributed by atoms with Crippen LogP contribution >= 0.6 is 0 Å². The number of rotatable bonds is 5. The third kappa shape index (κ3) is 3.90. The first-order valence-electron chi connectivity index (χ1n) is 7.66. The summed E-state index contributed by atoms with van der Waals surface area (Å²) in [6.45, 7) is 4.03. The molecule has 1 atom stereocenters. The first-order valence-corrected chi connectivity index (χ1v) is 7.66. The molecule has 0 aliphatic rings. The second kappa shape index (κ2) is 7.29. The number of nitrogens with two attached hydrogens (primary N) is 1. The minimum Gasteiger partial charge on any atom is -0.497 e. The van der Waals surface area contributed by atoms with E-state index < -0.39 is 6.04 Å². The molecule has 122 valence electrons. The van der Waals surface area contributed by atoms with Crippen LogP contribution in [0.2, 0.25) is 0 Å². The fraction of sp³-hybridized carbons (Fsp3) is 0.316. The Hall–Kier alpha value is -2.33.